The minimum absolute atomic E-state index is 0.0570. The Kier molecular flexibility index (Phi) is 6.46. The molecule has 2 rings (SSSR count). The molecule has 0 heterocycles. The van der Waals surface area contributed by atoms with Gasteiger partial charge in [0.05, 0.1) is 17.1 Å². The molecule has 0 aliphatic rings. The van der Waals surface area contributed by atoms with E-state index >= 15 is 0 Å². The van der Waals surface area contributed by atoms with Crippen molar-refractivity contribution in [3.05, 3.63) is 64.7 Å². The fourth-order valence-corrected chi connectivity index (χ4v) is 2.25. The van der Waals surface area contributed by atoms with Gasteiger partial charge in [0.1, 0.15) is 0 Å². The number of rotatable bonds is 5. The molecule has 0 radical (unpaired) electrons. The lowest BCUT2D eigenvalue weighted by atomic mass is 10.2. The van der Waals surface area contributed by atoms with Gasteiger partial charge >= 0.3 is 12.2 Å². The molecule has 3 N–H and O–H groups in total. The highest BCUT2D eigenvalue weighted by Crippen LogP contribution is 2.36. The summed E-state index contributed by atoms with van der Waals surface area (Å²) in [4.78, 5) is 23.3. The molecule has 0 bridgehead atoms. The highest BCUT2D eigenvalue weighted by molar-refractivity contribution is 6.31. The number of anilines is 1. The van der Waals surface area contributed by atoms with E-state index < -0.39 is 28.7 Å². The van der Waals surface area contributed by atoms with Gasteiger partial charge in [-0.2, -0.15) is 13.2 Å². The van der Waals surface area contributed by atoms with Gasteiger partial charge in [0, 0.05) is 12.2 Å². The van der Waals surface area contributed by atoms with Crippen molar-refractivity contribution in [2.24, 2.45) is 0 Å². The maximum atomic E-state index is 12.8. The molecule has 5 nitrogen and oxygen atoms in total. The zero-order valence-corrected chi connectivity index (χ0v) is 14.1. The summed E-state index contributed by atoms with van der Waals surface area (Å²) in [5.74, 6) is -0.695. The van der Waals surface area contributed by atoms with Crippen LogP contribution in [-0.2, 0) is 17.5 Å². The summed E-state index contributed by atoms with van der Waals surface area (Å²) in [6.07, 6.45) is -4.60. The molecule has 0 unspecified atom stereocenters. The predicted octanol–water partition coefficient (Wildman–Crippen LogP) is 3.80. The third-order valence-electron chi connectivity index (χ3n) is 3.27. The van der Waals surface area contributed by atoms with Crippen LogP contribution in [0.4, 0.5) is 23.7 Å². The Morgan fingerprint density at radius 1 is 1.04 bits per heavy atom. The summed E-state index contributed by atoms with van der Waals surface area (Å²) >= 11 is 5.52. The van der Waals surface area contributed by atoms with Crippen LogP contribution in [0, 0.1) is 0 Å². The van der Waals surface area contributed by atoms with Gasteiger partial charge in [0.2, 0.25) is 5.91 Å². The van der Waals surface area contributed by atoms with Crippen molar-refractivity contribution in [1.29, 1.82) is 0 Å². The Labute approximate surface area is 152 Å². The Balaban J connectivity index is 1.82. The molecule has 9 heteroatoms. The number of halogens is 4. The molecule has 0 aliphatic carbocycles. The van der Waals surface area contributed by atoms with Crippen LogP contribution in [0.25, 0.3) is 0 Å². The van der Waals surface area contributed by atoms with Crippen LogP contribution in [-0.4, -0.2) is 18.5 Å². The molecule has 138 valence electrons. The van der Waals surface area contributed by atoms with Gasteiger partial charge in [-0.15, -0.1) is 0 Å². The number of urea groups is 1. The molecule has 0 aliphatic heterocycles. The summed E-state index contributed by atoms with van der Waals surface area (Å²) in [5.41, 5.74) is -0.0965. The summed E-state index contributed by atoms with van der Waals surface area (Å²) in [6.45, 7) is -0.142. The smallest absolute Gasteiger partial charge is 0.376 e. The zero-order valence-electron chi connectivity index (χ0n) is 13.4. The fourth-order valence-electron chi connectivity index (χ4n) is 2.03. The van der Waals surface area contributed by atoms with Gasteiger partial charge in [-0.25, -0.2) is 4.79 Å². The number of nitrogens with one attached hydrogen (secondary N) is 3. The van der Waals surface area contributed by atoms with Gasteiger partial charge in [-0.1, -0.05) is 41.9 Å². The maximum absolute atomic E-state index is 12.8. The third-order valence-corrected chi connectivity index (χ3v) is 3.60. The predicted molar refractivity (Wildman–Crippen MR) is 91.8 cm³/mol. The molecule has 0 aromatic heterocycles. The van der Waals surface area contributed by atoms with E-state index in [1.807, 2.05) is 30.3 Å². The second kappa shape index (κ2) is 8.57. The zero-order chi connectivity index (χ0) is 19.2. The third kappa shape index (κ3) is 5.96. The highest BCUT2D eigenvalue weighted by atomic mass is 35.5. The van der Waals surface area contributed by atoms with E-state index in [1.165, 1.54) is 6.07 Å². The molecule has 0 atom stereocenters. The van der Waals surface area contributed by atoms with Gasteiger partial charge in [0.15, 0.2) is 0 Å². The lowest BCUT2D eigenvalue weighted by Gasteiger charge is -2.12. The second-order valence-electron chi connectivity index (χ2n) is 5.26. The summed E-state index contributed by atoms with van der Waals surface area (Å²) in [6, 6.07) is 11.6. The Bertz CT molecular complexity index is 783. The van der Waals surface area contributed by atoms with E-state index in [1.54, 1.807) is 0 Å². The number of carbonyl (C=O) groups excluding carboxylic acids is 2. The van der Waals surface area contributed by atoms with Crippen LogP contribution in [0.1, 0.15) is 11.1 Å². The average molecular weight is 386 g/mol. The molecule has 2 aromatic rings. The van der Waals surface area contributed by atoms with Crippen molar-refractivity contribution >= 4 is 29.2 Å². The molecule has 0 fully saturated rings. The van der Waals surface area contributed by atoms with Gasteiger partial charge < -0.3 is 10.6 Å². The van der Waals surface area contributed by atoms with Gasteiger partial charge in [-0.3, -0.25) is 10.1 Å². The van der Waals surface area contributed by atoms with Crippen molar-refractivity contribution in [1.82, 2.24) is 10.6 Å². The van der Waals surface area contributed by atoms with E-state index in [-0.39, 0.29) is 18.8 Å². The second-order valence-corrected chi connectivity index (χ2v) is 5.67. The minimum Gasteiger partial charge on any atom is -0.376 e. The van der Waals surface area contributed by atoms with Crippen molar-refractivity contribution in [2.45, 2.75) is 12.7 Å². The molecular formula is C17H15ClF3N3O2. The number of imide groups is 1. The first-order valence-electron chi connectivity index (χ1n) is 7.48. The van der Waals surface area contributed by atoms with Crippen molar-refractivity contribution in [3.8, 4) is 0 Å². The van der Waals surface area contributed by atoms with Crippen molar-refractivity contribution in [2.75, 3.05) is 11.9 Å². The van der Waals surface area contributed by atoms with Crippen LogP contribution in [0.5, 0.6) is 0 Å². The standard InChI is InChI=1S/C17H15ClF3N3O2/c18-14-7-6-12(8-13(14)17(19,20)21)22-10-15(25)24-16(26)23-9-11-4-2-1-3-5-11/h1-8,22H,9-10H2,(H2,23,24,25,26). The average Bonchev–Trinajstić information content (AvgIpc) is 2.59. The lowest BCUT2D eigenvalue weighted by molar-refractivity contribution is -0.137. The van der Waals surface area contributed by atoms with E-state index in [9.17, 15) is 22.8 Å². The first kappa shape index (κ1) is 19.6. The largest absolute Gasteiger partial charge is 0.417 e. The Morgan fingerprint density at radius 2 is 1.73 bits per heavy atom. The summed E-state index contributed by atoms with van der Waals surface area (Å²) in [5, 5.41) is 6.65. The summed E-state index contributed by atoms with van der Waals surface area (Å²) < 4.78 is 38.3. The van der Waals surface area contributed by atoms with Crippen molar-refractivity contribution in [3.63, 3.8) is 0 Å². The van der Waals surface area contributed by atoms with E-state index in [0.717, 1.165) is 17.7 Å². The van der Waals surface area contributed by atoms with Crippen LogP contribution in [0.3, 0.4) is 0 Å². The number of amides is 3. The van der Waals surface area contributed by atoms with Gasteiger partial charge in [-0.05, 0) is 23.8 Å². The molecule has 2 aromatic carbocycles. The minimum atomic E-state index is -4.60. The van der Waals surface area contributed by atoms with Crippen LogP contribution < -0.4 is 16.0 Å². The first-order valence-corrected chi connectivity index (χ1v) is 7.86. The molecule has 0 saturated carbocycles. The number of hydrogen-bond acceptors (Lipinski definition) is 3. The van der Waals surface area contributed by atoms with Crippen molar-refractivity contribution < 1.29 is 22.8 Å². The molecule has 0 saturated heterocycles. The number of hydrogen-bond donors (Lipinski definition) is 3. The maximum Gasteiger partial charge on any atom is 0.417 e. The molecular weight excluding hydrogens is 371 g/mol. The topological polar surface area (TPSA) is 70.2 Å². The monoisotopic (exact) mass is 385 g/mol. The van der Waals surface area contributed by atoms with E-state index in [4.69, 9.17) is 11.6 Å². The lowest BCUT2D eigenvalue weighted by Crippen LogP contribution is -2.41. The van der Waals surface area contributed by atoms with Crippen LogP contribution in [0.15, 0.2) is 48.5 Å². The van der Waals surface area contributed by atoms with E-state index in [0.29, 0.717) is 0 Å². The molecule has 0 spiro atoms. The first-order chi connectivity index (χ1) is 12.3. The quantitative estimate of drug-likeness (QED) is 0.733. The van der Waals surface area contributed by atoms with Crippen LogP contribution >= 0.6 is 11.6 Å². The molecule has 26 heavy (non-hydrogen) atoms. The number of alkyl halides is 3. The Hall–Kier alpha value is -2.74. The Morgan fingerprint density at radius 3 is 2.38 bits per heavy atom. The summed E-state index contributed by atoms with van der Waals surface area (Å²) in [7, 11) is 0. The number of benzene rings is 2. The number of carbonyl (C=O) groups is 2. The fraction of sp³-hybridized carbons (Fsp3) is 0.176. The van der Waals surface area contributed by atoms with Gasteiger partial charge in [0.25, 0.3) is 0 Å². The SMILES string of the molecule is O=C(CNc1ccc(Cl)c(C(F)(F)F)c1)NC(=O)NCc1ccccc1. The van der Waals surface area contributed by atoms with E-state index in [2.05, 4.69) is 16.0 Å². The van der Waals surface area contributed by atoms with Crippen LogP contribution in [0.2, 0.25) is 5.02 Å². The molecule has 3 amide bonds. The highest BCUT2D eigenvalue weighted by Gasteiger charge is 2.33. The normalized spacial score (nSPS) is 10.9.